The molecule has 0 N–H and O–H groups in total. The fourth-order valence-corrected chi connectivity index (χ4v) is 4.23. The highest BCUT2D eigenvalue weighted by Gasteiger charge is 2.38. The monoisotopic (exact) mass is 508 g/mol. The number of hydrogen-bond acceptors (Lipinski definition) is 7. The van der Waals surface area contributed by atoms with Crippen molar-refractivity contribution < 1.29 is 28.5 Å². The van der Waals surface area contributed by atoms with Crippen LogP contribution in [-0.4, -0.2) is 42.3 Å². The van der Waals surface area contributed by atoms with Crippen molar-refractivity contribution in [2.45, 2.75) is 45.1 Å². The Kier molecular flexibility index (Phi) is 11.7. The Bertz CT molecular complexity index is 1050. The van der Waals surface area contributed by atoms with Gasteiger partial charge in [0.25, 0.3) is 0 Å². The summed E-state index contributed by atoms with van der Waals surface area (Å²) < 4.78 is 23.8. The quantitative estimate of drug-likeness (QED) is 0.277. The molecule has 0 saturated heterocycles. The molecule has 7 heteroatoms. The van der Waals surface area contributed by atoms with Crippen molar-refractivity contribution in [1.29, 1.82) is 0 Å². The largest absolute Gasteiger partial charge is 0.467 e. The van der Waals surface area contributed by atoms with Gasteiger partial charge in [0.05, 0.1) is 33.0 Å². The summed E-state index contributed by atoms with van der Waals surface area (Å²) in [6.07, 6.45) is -2.51. The van der Waals surface area contributed by atoms with E-state index in [1.807, 2.05) is 91.0 Å². The van der Waals surface area contributed by atoms with Crippen LogP contribution in [0.1, 0.15) is 23.6 Å². The van der Waals surface area contributed by atoms with E-state index < -0.39 is 24.3 Å². The van der Waals surface area contributed by atoms with Crippen LogP contribution in [0.25, 0.3) is 0 Å². The molecular formula is C29H32O6S. The third kappa shape index (κ3) is 9.24. The lowest BCUT2D eigenvalue weighted by Crippen LogP contribution is -2.48. The highest BCUT2D eigenvalue weighted by atomic mass is 32.2. The lowest BCUT2D eigenvalue weighted by molar-refractivity contribution is -0.182. The van der Waals surface area contributed by atoms with Gasteiger partial charge < -0.3 is 18.9 Å². The molecule has 0 aliphatic carbocycles. The van der Waals surface area contributed by atoms with Gasteiger partial charge in [-0.25, -0.2) is 4.79 Å². The second-order valence-electron chi connectivity index (χ2n) is 8.14. The maximum atomic E-state index is 12.9. The number of carbonyl (C=O) groups excluding carboxylic acids is 2. The Morgan fingerprint density at radius 2 is 1.14 bits per heavy atom. The van der Waals surface area contributed by atoms with E-state index in [2.05, 4.69) is 0 Å². The van der Waals surface area contributed by atoms with Gasteiger partial charge in [-0.3, -0.25) is 4.79 Å². The van der Waals surface area contributed by atoms with Gasteiger partial charge in [0.15, 0.2) is 11.2 Å². The number of esters is 1. The number of methoxy groups -OCH3 is 1. The van der Waals surface area contributed by atoms with E-state index >= 15 is 0 Å². The van der Waals surface area contributed by atoms with Crippen molar-refractivity contribution in [3.63, 3.8) is 0 Å². The molecule has 3 aromatic rings. The molecule has 0 amide bonds. The fraction of sp³-hybridized carbons (Fsp3) is 0.310. The third-order valence-electron chi connectivity index (χ3n) is 5.41. The molecule has 3 aromatic carbocycles. The minimum absolute atomic E-state index is 0.0510. The molecule has 3 atom stereocenters. The Hall–Kier alpha value is -2.97. The summed E-state index contributed by atoms with van der Waals surface area (Å²) in [5.74, 6) is -0.269. The fourth-order valence-electron chi connectivity index (χ4n) is 3.54. The molecule has 0 radical (unpaired) electrons. The molecule has 6 nitrogen and oxygen atoms in total. The van der Waals surface area contributed by atoms with E-state index in [1.165, 1.54) is 14.0 Å². The molecule has 0 spiro atoms. The summed E-state index contributed by atoms with van der Waals surface area (Å²) in [4.78, 5) is 24.8. The second-order valence-corrected chi connectivity index (χ2v) is 9.34. The SMILES string of the molecule is COC(=O)[C@H](OCc1ccccc1)[C@@H](OCc1ccccc1)[C@H](CSC(C)=O)OCc1ccccc1. The van der Waals surface area contributed by atoms with Crippen LogP contribution in [0, 0.1) is 0 Å². The highest BCUT2D eigenvalue weighted by molar-refractivity contribution is 8.13. The summed E-state index contributed by atoms with van der Waals surface area (Å²) >= 11 is 1.12. The van der Waals surface area contributed by atoms with E-state index in [4.69, 9.17) is 18.9 Å². The van der Waals surface area contributed by atoms with Gasteiger partial charge in [0.1, 0.15) is 6.10 Å². The van der Waals surface area contributed by atoms with Crippen molar-refractivity contribution in [2.24, 2.45) is 0 Å². The summed E-state index contributed by atoms with van der Waals surface area (Å²) in [7, 11) is 1.32. The lowest BCUT2D eigenvalue weighted by atomic mass is 10.1. The van der Waals surface area contributed by atoms with E-state index in [0.717, 1.165) is 28.5 Å². The topological polar surface area (TPSA) is 71.1 Å². The summed E-state index contributed by atoms with van der Waals surface area (Å²) in [5.41, 5.74) is 2.82. The Morgan fingerprint density at radius 1 is 0.694 bits per heavy atom. The number of ether oxygens (including phenoxy) is 4. The average Bonchev–Trinajstić information content (AvgIpc) is 2.92. The maximum absolute atomic E-state index is 12.9. The van der Waals surface area contributed by atoms with Crippen LogP contribution in [0.4, 0.5) is 0 Å². The molecular weight excluding hydrogens is 476 g/mol. The molecule has 0 aromatic heterocycles. The Morgan fingerprint density at radius 3 is 1.58 bits per heavy atom. The first kappa shape index (κ1) is 27.6. The van der Waals surface area contributed by atoms with Gasteiger partial charge in [-0.2, -0.15) is 0 Å². The number of hydrogen-bond donors (Lipinski definition) is 0. The Labute approximate surface area is 216 Å². The van der Waals surface area contributed by atoms with Crippen LogP contribution in [0.2, 0.25) is 0 Å². The van der Waals surface area contributed by atoms with E-state index in [1.54, 1.807) is 0 Å². The first-order chi connectivity index (χ1) is 17.6. The van der Waals surface area contributed by atoms with Gasteiger partial charge >= 0.3 is 5.97 Å². The number of carbonyl (C=O) groups is 2. The number of benzene rings is 3. The predicted molar refractivity (Wildman–Crippen MR) is 140 cm³/mol. The lowest BCUT2D eigenvalue weighted by Gasteiger charge is -2.32. The second kappa shape index (κ2) is 15.2. The van der Waals surface area contributed by atoms with E-state index in [0.29, 0.717) is 12.4 Å². The Balaban J connectivity index is 1.87. The minimum Gasteiger partial charge on any atom is -0.467 e. The van der Waals surface area contributed by atoms with Crippen LogP contribution in [-0.2, 0) is 48.4 Å². The van der Waals surface area contributed by atoms with Crippen molar-refractivity contribution in [3.05, 3.63) is 108 Å². The van der Waals surface area contributed by atoms with Crippen LogP contribution in [0.5, 0.6) is 0 Å². The molecule has 0 aliphatic heterocycles. The normalized spacial score (nSPS) is 13.5. The van der Waals surface area contributed by atoms with Gasteiger partial charge in [-0.15, -0.1) is 0 Å². The van der Waals surface area contributed by atoms with Gasteiger partial charge in [-0.1, -0.05) is 103 Å². The smallest absolute Gasteiger partial charge is 0.337 e. The predicted octanol–water partition coefficient (Wildman–Crippen LogP) is 5.20. The molecule has 0 heterocycles. The van der Waals surface area contributed by atoms with Crippen molar-refractivity contribution in [3.8, 4) is 0 Å². The van der Waals surface area contributed by atoms with Crippen molar-refractivity contribution in [1.82, 2.24) is 0 Å². The van der Waals surface area contributed by atoms with Gasteiger partial charge in [0.2, 0.25) is 0 Å². The van der Waals surface area contributed by atoms with Crippen LogP contribution in [0.3, 0.4) is 0 Å². The summed E-state index contributed by atoms with van der Waals surface area (Å²) in [6.45, 7) is 2.23. The molecule has 0 fully saturated rings. The van der Waals surface area contributed by atoms with Gasteiger partial charge in [0, 0.05) is 12.7 Å². The first-order valence-corrected chi connectivity index (χ1v) is 12.7. The maximum Gasteiger partial charge on any atom is 0.337 e. The van der Waals surface area contributed by atoms with E-state index in [9.17, 15) is 9.59 Å². The number of rotatable bonds is 14. The van der Waals surface area contributed by atoms with Crippen molar-refractivity contribution in [2.75, 3.05) is 12.9 Å². The summed E-state index contributed by atoms with van der Waals surface area (Å²) in [5, 5.41) is -0.0510. The minimum atomic E-state index is -1.06. The zero-order valence-electron chi connectivity index (χ0n) is 20.6. The average molecular weight is 509 g/mol. The molecule has 36 heavy (non-hydrogen) atoms. The standard InChI is InChI=1S/C29H32O6S/c1-22(30)36-21-26(33-18-23-12-6-3-7-13-23)27(34-19-24-14-8-4-9-15-24)28(29(31)32-2)35-20-25-16-10-5-11-17-25/h3-17,26-28H,18-21H2,1-2H3/t26-,27-,28+/m0/s1. The van der Waals surface area contributed by atoms with Crippen LogP contribution < -0.4 is 0 Å². The van der Waals surface area contributed by atoms with Crippen LogP contribution in [0.15, 0.2) is 91.0 Å². The number of thioether (sulfide) groups is 1. The van der Waals surface area contributed by atoms with Gasteiger partial charge in [-0.05, 0) is 16.7 Å². The van der Waals surface area contributed by atoms with E-state index in [-0.39, 0.29) is 18.3 Å². The highest BCUT2D eigenvalue weighted by Crippen LogP contribution is 2.22. The molecule has 0 saturated carbocycles. The van der Waals surface area contributed by atoms with Crippen molar-refractivity contribution >= 4 is 22.8 Å². The van der Waals surface area contributed by atoms with Crippen LogP contribution >= 0.6 is 11.8 Å². The first-order valence-electron chi connectivity index (χ1n) is 11.7. The summed E-state index contributed by atoms with van der Waals surface area (Å²) in [6, 6.07) is 28.9. The molecule has 0 aliphatic rings. The molecule has 190 valence electrons. The molecule has 3 rings (SSSR count). The zero-order chi connectivity index (χ0) is 25.6. The molecule has 0 unspecified atom stereocenters. The third-order valence-corrected chi connectivity index (χ3v) is 6.32. The molecule has 0 bridgehead atoms. The zero-order valence-corrected chi connectivity index (χ0v) is 21.4.